The topological polar surface area (TPSA) is 35.6 Å². The van der Waals surface area contributed by atoms with Crippen LogP contribution in [0.5, 0.6) is 0 Å². The molecule has 1 heterocycles. The van der Waals surface area contributed by atoms with Gasteiger partial charge in [0, 0.05) is 51.1 Å². The molecule has 2 aliphatic rings. The summed E-state index contributed by atoms with van der Waals surface area (Å²) >= 11 is 0. The van der Waals surface area contributed by atoms with E-state index in [1.54, 1.807) is 4.90 Å². The number of carbonyl (C=O) groups excluding carboxylic acids is 1. The second-order valence-electron chi connectivity index (χ2n) is 5.08. The third-order valence-electron chi connectivity index (χ3n) is 3.45. The summed E-state index contributed by atoms with van der Waals surface area (Å²) in [7, 11) is 2.01. The summed E-state index contributed by atoms with van der Waals surface area (Å²) in [4.78, 5) is 15.8. The fraction of sp³-hybridized carbons (Fsp3) is 0.615. The fourth-order valence-corrected chi connectivity index (χ4v) is 2.26. The van der Waals surface area contributed by atoms with Crippen LogP contribution in [0.25, 0.3) is 0 Å². The number of nitrogens with zero attached hydrogens (tertiary/aromatic N) is 2. The van der Waals surface area contributed by atoms with Crippen LogP contribution in [0, 0.1) is 5.92 Å². The smallest absolute Gasteiger partial charge is 0.317 e. The van der Waals surface area contributed by atoms with E-state index in [4.69, 9.17) is 0 Å². The number of allylic oxidation sites excluding steroid dienone is 3. The second-order valence-corrected chi connectivity index (χ2v) is 5.08. The van der Waals surface area contributed by atoms with Crippen molar-refractivity contribution in [3.8, 4) is 0 Å². The Balaban J connectivity index is 1.76. The van der Waals surface area contributed by atoms with E-state index in [1.807, 2.05) is 7.05 Å². The molecule has 0 bridgehead atoms. The van der Waals surface area contributed by atoms with Crippen LogP contribution in [-0.2, 0) is 0 Å². The Kier molecular flexibility index (Phi) is 4.52. The number of piperazine rings is 1. The van der Waals surface area contributed by atoms with Gasteiger partial charge in [0.05, 0.1) is 0 Å². The van der Waals surface area contributed by atoms with Gasteiger partial charge in [-0.15, -0.1) is 0 Å². The molecule has 2 rings (SSSR count). The van der Waals surface area contributed by atoms with Crippen molar-refractivity contribution >= 4 is 6.03 Å². The molecule has 6 heteroatoms. The molecular weight excluding hydrogens is 252 g/mol. The van der Waals surface area contributed by atoms with Gasteiger partial charge in [-0.3, -0.25) is 0 Å². The maximum atomic E-state index is 13.1. The van der Waals surface area contributed by atoms with E-state index in [2.05, 4.69) is 10.2 Å². The van der Waals surface area contributed by atoms with E-state index in [1.165, 1.54) is 6.08 Å². The zero-order valence-corrected chi connectivity index (χ0v) is 11.0. The minimum absolute atomic E-state index is 0.149. The third-order valence-corrected chi connectivity index (χ3v) is 3.45. The second kappa shape index (κ2) is 6.14. The Morgan fingerprint density at radius 3 is 2.68 bits per heavy atom. The minimum Gasteiger partial charge on any atom is -0.337 e. The largest absolute Gasteiger partial charge is 0.337 e. The first-order valence-electron chi connectivity index (χ1n) is 6.49. The lowest BCUT2D eigenvalue weighted by atomic mass is 9.99. The van der Waals surface area contributed by atoms with E-state index in [9.17, 15) is 13.6 Å². The summed E-state index contributed by atoms with van der Waals surface area (Å²) in [6.45, 7) is 3.34. The highest BCUT2D eigenvalue weighted by Gasteiger charge is 2.21. The predicted molar refractivity (Wildman–Crippen MR) is 69.0 cm³/mol. The molecule has 1 atom stereocenters. The number of nitrogens with one attached hydrogen (secondary N) is 1. The van der Waals surface area contributed by atoms with Gasteiger partial charge in [0.15, 0.2) is 0 Å². The molecule has 4 nitrogen and oxygen atoms in total. The molecule has 2 amide bonds. The highest BCUT2D eigenvalue weighted by molar-refractivity contribution is 5.74. The molecule has 19 heavy (non-hydrogen) atoms. The summed E-state index contributed by atoms with van der Waals surface area (Å²) < 4.78 is 26.1. The quantitative estimate of drug-likeness (QED) is 0.829. The maximum absolute atomic E-state index is 13.1. The minimum atomic E-state index is -0.567. The Bertz CT molecular complexity index is 401. The van der Waals surface area contributed by atoms with Crippen LogP contribution in [0.15, 0.2) is 23.8 Å². The summed E-state index contributed by atoms with van der Waals surface area (Å²) in [6, 6.07) is -0.156. The van der Waals surface area contributed by atoms with E-state index >= 15 is 0 Å². The van der Waals surface area contributed by atoms with E-state index in [0.29, 0.717) is 13.1 Å². The van der Waals surface area contributed by atoms with E-state index in [-0.39, 0.29) is 24.9 Å². The van der Waals surface area contributed by atoms with E-state index in [0.717, 1.165) is 19.2 Å². The van der Waals surface area contributed by atoms with Gasteiger partial charge in [0.2, 0.25) is 0 Å². The predicted octanol–water partition coefficient (Wildman–Crippen LogP) is 1.67. The van der Waals surface area contributed by atoms with Gasteiger partial charge in [-0.2, -0.15) is 0 Å². The zero-order valence-electron chi connectivity index (χ0n) is 11.0. The lowest BCUT2D eigenvalue weighted by Crippen LogP contribution is -2.51. The van der Waals surface area contributed by atoms with Crippen LogP contribution in [0.1, 0.15) is 6.42 Å². The number of carbonyl (C=O) groups is 1. The average molecular weight is 271 g/mol. The molecule has 0 aromatic rings. The summed E-state index contributed by atoms with van der Waals surface area (Å²) in [6.07, 6.45) is 2.39. The van der Waals surface area contributed by atoms with Gasteiger partial charge < -0.3 is 15.1 Å². The van der Waals surface area contributed by atoms with Crippen LogP contribution >= 0.6 is 0 Å². The molecule has 0 spiro atoms. The first-order chi connectivity index (χ1) is 9.04. The molecule has 0 aromatic heterocycles. The average Bonchev–Trinajstić information content (AvgIpc) is 2.36. The number of urea groups is 1. The SMILES string of the molecule is CN1CCN(C(=O)NCC2C=C(F)C=C(F)C2)CC1. The Hall–Kier alpha value is -1.43. The van der Waals surface area contributed by atoms with Crippen molar-refractivity contribution in [1.82, 2.24) is 15.1 Å². The molecule has 0 aromatic carbocycles. The van der Waals surface area contributed by atoms with Crippen molar-refractivity contribution in [2.75, 3.05) is 39.8 Å². The number of hydrogen-bond donors (Lipinski definition) is 1. The summed E-state index contributed by atoms with van der Waals surface area (Å²) in [5.41, 5.74) is 0. The first-order valence-corrected chi connectivity index (χ1v) is 6.49. The number of amides is 2. The molecule has 1 N–H and O–H groups in total. The van der Waals surface area contributed by atoms with Crippen molar-refractivity contribution < 1.29 is 13.6 Å². The van der Waals surface area contributed by atoms with E-state index < -0.39 is 11.7 Å². The normalized spacial score (nSPS) is 24.8. The van der Waals surface area contributed by atoms with Gasteiger partial charge in [0.25, 0.3) is 0 Å². The molecule has 1 aliphatic heterocycles. The number of rotatable bonds is 2. The van der Waals surface area contributed by atoms with Gasteiger partial charge in [-0.25, -0.2) is 13.6 Å². The van der Waals surface area contributed by atoms with Crippen molar-refractivity contribution in [2.24, 2.45) is 5.92 Å². The van der Waals surface area contributed by atoms with Crippen LogP contribution in [0.2, 0.25) is 0 Å². The number of likely N-dealkylation sites (N-methyl/N-ethyl adjacent to an activating group) is 1. The molecule has 1 fully saturated rings. The van der Waals surface area contributed by atoms with Crippen molar-refractivity contribution in [3.63, 3.8) is 0 Å². The standard InChI is InChI=1S/C13H19F2N3O/c1-17-2-4-18(5-3-17)13(19)16-9-10-6-11(14)8-12(15)7-10/h6,8,10H,2-5,7,9H2,1H3,(H,16,19). The molecule has 1 unspecified atom stereocenters. The molecule has 106 valence electrons. The Labute approximate surface area is 111 Å². The third kappa shape index (κ3) is 4.02. The lowest BCUT2D eigenvalue weighted by Gasteiger charge is -2.32. The van der Waals surface area contributed by atoms with Crippen LogP contribution in [0.3, 0.4) is 0 Å². The van der Waals surface area contributed by atoms with Crippen molar-refractivity contribution in [3.05, 3.63) is 23.8 Å². The van der Waals surface area contributed by atoms with Gasteiger partial charge in [0.1, 0.15) is 11.7 Å². The van der Waals surface area contributed by atoms with Gasteiger partial charge in [-0.1, -0.05) is 0 Å². The van der Waals surface area contributed by atoms with Gasteiger partial charge >= 0.3 is 6.03 Å². The lowest BCUT2D eigenvalue weighted by molar-refractivity contribution is 0.153. The Morgan fingerprint density at radius 2 is 2.05 bits per heavy atom. The van der Waals surface area contributed by atoms with Crippen LogP contribution in [0.4, 0.5) is 13.6 Å². The van der Waals surface area contributed by atoms with Crippen molar-refractivity contribution in [2.45, 2.75) is 6.42 Å². The molecule has 0 saturated carbocycles. The highest BCUT2D eigenvalue weighted by Crippen LogP contribution is 2.23. The number of halogens is 2. The monoisotopic (exact) mass is 271 g/mol. The zero-order chi connectivity index (χ0) is 13.8. The van der Waals surface area contributed by atoms with Crippen LogP contribution < -0.4 is 5.32 Å². The van der Waals surface area contributed by atoms with Gasteiger partial charge in [-0.05, 0) is 13.1 Å². The first kappa shape index (κ1) is 14.0. The fourth-order valence-electron chi connectivity index (χ4n) is 2.26. The molecule has 1 aliphatic carbocycles. The molecule has 1 saturated heterocycles. The van der Waals surface area contributed by atoms with Crippen LogP contribution in [-0.4, -0.2) is 55.6 Å². The summed E-state index contributed by atoms with van der Waals surface area (Å²) in [5, 5.41) is 2.74. The number of hydrogen-bond acceptors (Lipinski definition) is 2. The molecule has 0 radical (unpaired) electrons. The maximum Gasteiger partial charge on any atom is 0.317 e. The summed E-state index contributed by atoms with van der Waals surface area (Å²) in [5.74, 6) is -1.34. The highest BCUT2D eigenvalue weighted by atomic mass is 19.1. The molecular formula is C13H19F2N3O. The van der Waals surface area contributed by atoms with Crippen molar-refractivity contribution in [1.29, 1.82) is 0 Å². The Morgan fingerprint density at radius 1 is 1.37 bits per heavy atom.